The van der Waals surface area contributed by atoms with Gasteiger partial charge in [-0.05, 0) is 32.4 Å². The van der Waals surface area contributed by atoms with Crippen LogP contribution in [0.4, 0.5) is 0 Å². The predicted octanol–water partition coefficient (Wildman–Crippen LogP) is 3.94. The van der Waals surface area contributed by atoms with Crippen molar-refractivity contribution in [3.05, 3.63) is 70.9 Å². The lowest BCUT2D eigenvalue weighted by atomic mass is 10.0. The second-order valence-electron chi connectivity index (χ2n) is 5.70. The summed E-state index contributed by atoms with van der Waals surface area (Å²) < 4.78 is 0. The number of H-pyrrole nitrogens is 1. The van der Waals surface area contributed by atoms with E-state index in [-0.39, 0.29) is 5.91 Å². The summed E-state index contributed by atoms with van der Waals surface area (Å²) in [4.78, 5) is 15.5. The Morgan fingerprint density at radius 2 is 1.87 bits per heavy atom. The number of aromatic nitrogens is 1. The maximum absolute atomic E-state index is 12.4. The fourth-order valence-electron chi connectivity index (χ4n) is 2.73. The van der Waals surface area contributed by atoms with Gasteiger partial charge in [0.2, 0.25) is 0 Å². The van der Waals surface area contributed by atoms with Crippen molar-refractivity contribution in [3.8, 4) is 0 Å². The third kappa shape index (κ3) is 3.01. The van der Waals surface area contributed by atoms with E-state index in [0.717, 1.165) is 27.7 Å². The lowest BCUT2D eigenvalue weighted by molar-refractivity contribution is 0.0956. The highest BCUT2D eigenvalue weighted by atomic mass is 16.2. The molecule has 0 aliphatic carbocycles. The molecule has 0 spiro atoms. The SMILES string of the molecule is C/C(=N/NC(=O)c1c[nH]c2ccccc12)c1ccc(C)cc1C. The molecule has 0 unspecified atom stereocenters. The van der Waals surface area contributed by atoms with Gasteiger partial charge < -0.3 is 4.98 Å². The summed E-state index contributed by atoms with van der Waals surface area (Å²) in [7, 11) is 0. The van der Waals surface area contributed by atoms with E-state index in [4.69, 9.17) is 0 Å². The van der Waals surface area contributed by atoms with Crippen LogP contribution in [0.1, 0.15) is 34.0 Å². The molecule has 0 radical (unpaired) electrons. The molecule has 0 fully saturated rings. The molecular weight excluding hydrogens is 286 g/mol. The third-order valence-corrected chi connectivity index (χ3v) is 3.93. The lowest BCUT2D eigenvalue weighted by Crippen LogP contribution is -2.19. The highest BCUT2D eigenvalue weighted by Crippen LogP contribution is 2.17. The Labute approximate surface area is 135 Å². The van der Waals surface area contributed by atoms with E-state index in [1.807, 2.05) is 50.2 Å². The molecule has 23 heavy (non-hydrogen) atoms. The molecule has 2 aromatic carbocycles. The van der Waals surface area contributed by atoms with Crippen molar-refractivity contribution in [3.63, 3.8) is 0 Å². The number of aromatic amines is 1. The molecule has 0 aliphatic rings. The van der Waals surface area contributed by atoms with Gasteiger partial charge in [0, 0.05) is 22.7 Å². The summed E-state index contributed by atoms with van der Waals surface area (Å²) in [5, 5.41) is 5.14. The average Bonchev–Trinajstić information content (AvgIpc) is 2.96. The van der Waals surface area contributed by atoms with Gasteiger partial charge in [-0.2, -0.15) is 5.10 Å². The Kier molecular flexibility index (Phi) is 3.98. The number of rotatable bonds is 3. The maximum Gasteiger partial charge on any atom is 0.273 e. The van der Waals surface area contributed by atoms with Crippen molar-refractivity contribution >= 4 is 22.5 Å². The number of para-hydroxylation sites is 1. The van der Waals surface area contributed by atoms with E-state index in [1.54, 1.807) is 6.20 Å². The number of carbonyl (C=O) groups is 1. The molecule has 1 amide bonds. The van der Waals surface area contributed by atoms with Gasteiger partial charge in [-0.15, -0.1) is 0 Å². The molecule has 0 saturated carbocycles. The van der Waals surface area contributed by atoms with Crippen LogP contribution in [-0.2, 0) is 0 Å². The first-order valence-electron chi connectivity index (χ1n) is 7.54. The van der Waals surface area contributed by atoms with Crippen LogP contribution < -0.4 is 5.43 Å². The summed E-state index contributed by atoms with van der Waals surface area (Å²) in [5.41, 5.74) is 8.36. The van der Waals surface area contributed by atoms with Crippen LogP contribution in [0.2, 0.25) is 0 Å². The van der Waals surface area contributed by atoms with E-state index < -0.39 is 0 Å². The van der Waals surface area contributed by atoms with E-state index in [9.17, 15) is 4.79 Å². The molecule has 3 aromatic rings. The van der Waals surface area contributed by atoms with Gasteiger partial charge in [0.25, 0.3) is 5.91 Å². The van der Waals surface area contributed by atoms with Crippen LogP contribution in [0, 0.1) is 13.8 Å². The van der Waals surface area contributed by atoms with Gasteiger partial charge in [0.15, 0.2) is 0 Å². The minimum atomic E-state index is -0.216. The lowest BCUT2D eigenvalue weighted by Gasteiger charge is -2.07. The van der Waals surface area contributed by atoms with Crippen LogP contribution >= 0.6 is 0 Å². The number of aryl methyl sites for hydroxylation is 2. The zero-order chi connectivity index (χ0) is 16.4. The second-order valence-corrected chi connectivity index (χ2v) is 5.70. The number of amides is 1. The topological polar surface area (TPSA) is 57.2 Å². The highest BCUT2D eigenvalue weighted by molar-refractivity contribution is 6.07. The Morgan fingerprint density at radius 3 is 2.65 bits per heavy atom. The quantitative estimate of drug-likeness (QED) is 0.559. The number of carbonyl (C=O) groups excluding carboxylic acids is 1. The van der Waals surface area contributed by atoms with Crippen LogP contribution in [0.5, 0.6) is 0 Å². The molecule has 0 atom stereocenters. The van der Waals surface area contributed by atoms with E-state index in [1.165, 1.54) is 5.56 Å². The number of benzene rings is 2. The normalized spacial score (nSPS) is 11.7. The summed E-state index contributed by atoms with van der Waals surface area (Å²) in [6.45, 7) is 6.00. The van der Waals surface area contributed by atoms with Gasteiger partial charge in [-0.3, -0.25) is 4.79 Å². The first-order chi connectivity index (χ1) is 11.1. The largest absolute Gasteiger partial charge is 0.360 e. The summed E-state index contributed by atoms with van der Waals surface area (Å²) in [5.74, 6) is -0.216. The standard InChI is InChI=1S/C19H19N3O/c1-12-8-9-15(13(2)10-12)14(3)21-22-19(23)17-11-20-18-7-5-4-6-16(17)18/h4-11,20H,1-3H3,(H,22,23)/b21-14-. The van der Waals surface area contributed by atoms with E-state index in [2.05, 4.69) is 28.5 Å². The van der Waals surface area contributed by atoms with Crippen LogP contribution in [-0.4, -0.2) is 16.6 Å². The van der Waals surface area contributed by atoms with Gasteiger partial charge in [-0.1, -0.05) is 42.0 Å². The number of nitrogens with one attached hydrogen (secondary N) is 2. The Balaban J connectivity index is 1.82. The zero-order valence-corrected chi connectivity index (χ0v) is 13.5. The fourth-order valence-corrected chi connectivity index (χ4v) is 2.73. The van der Waals surface area contributed by atoms with Gasteiger partial charge in [0.05, 0.1) is 11.3 Å². The van der Waals surface area contributed by atoms with Crippen LogP contribution in [0.15, 0.2) is 53.8 Å². The second kappa shape index (κ2) is 6.08. The van der Waals surface area contributed by atoms with Crippen molar-refractivity contribution in [1.82, 2.24) is 10.4 Å². The average molecular weight is 305 g/mol. The molecule has 1 aromatic heterocycles. The Hall–Kier alpha value is -2.88. The predicted molar refractivity (Wildman–Crippen MR) is 93.9 cm³/mol. The molecule has 116 valence electrons. The molecule has 0 saturated heterocycles. The summed E-state index contributed by atoms with van der Waals surface area (Å²) in [6.07, 6.45) is 1.71. The minimum Gasteiger partial charge on any atom is -0.360 e. The molecule has 4 heteroatoms. The van der Waals surface area contributed by atoms with Crippen molar-refractivity contribution < 1.29 is 4.79 Å². The number of hydrazone groups is 1. The monoisotopic (exact) mass is 305 g/mol. The zero-order valence-electron chi connectivity index (χ0n) is 13.5. The number of fused-ring (bicyclic) bond motifs is 1. The Morgan fingerprint density at radius 1 is 1.09 bits per heavy atom. The molecule has 3 rings (SSSR count). The first-order valence-corrected chi connectivity index (χ1v) is 7.54. The van der Waals surface area contributed by atoms with Gasteiger partial charge in [0.1, 0.15) is 0 Å². The van der Waals surface area contributed by atoms with Crippen LogP contribution in [0.25, 0.3) is 10.9 Å². The summed E-state index contributed by atoms with van der Waals surface area (Å²) in [6, 6.07) is 13.9. The third-order valence-electron chi connectivity index (χ3n) is 3.93. The highest BCUT2D eigenvalue weighted by Gasteiger charge is 2.11. The smallest absolute Gasteiger partial charge is 0.273 e. The Bertz CT molecular complexity index is 906. The molecule has 0 bridgehead atoms. The number of nitrogens with zero attached hydrogens (tertiary/aromatic N) is 1. The molecule has 2 N–H and O–H groups in total. The van der Waals surface area contributed by atoms with Crippen molar-refractivity contribution in [2.45, 2.75) is 20.8 Å². The number of hydrogen-bond acceptors (Lipinski definition) is 2. The maximum atomic E-state index is 12.4. The molecular formula is C19H19N3O. The van der Waals surface area contributed by atoms with Gasteiger partial charge >= 0.3 is 0 Å². The molecule has 4 nitrogen and oxygen atoms in total. The fraction of sp³-hybridized carbons (Fsp3) is 0.158. The van der Waals surface area contributed by atoms with E-state index in [0.29, 0.717) is 5.56 Å². The first kappa shape index (κ1) is 15.0. The van der Waals surface area contributed by atoms with Crippen molar-refractivity contribution in [2.24, 2.45) is 5.10 Å². The molecule has 0 aliphatic heterocycles. The number of hydrogen-bond donors (Lipinski definition) is 2. The van der Waals surface area contributed by atoms with Crippen LogP contribution in [0.3, 0.4) is 0 Å². The summed E-state index contributed by atoms with van der Waals surface area (Å²) >= 11 is 0. The van der Waals surface area contributed by atoms with Crippen molar-refractivity contribution in [1.29, 1.82) is 0 Å². The minimum absolute atomic E-state index is 0.216. The molecule has 1 heterocycles. The van der Waals surface area contributed by atoms with E-state index >= 15 is 0 Å². The van der Waals surface area contributed by atoms with Crippen molar-refractivity contribution in [2.75, 3.05) is 0 Å². The van der Waals surface area contributed by atoms with Gasteiger partial charge in [-0.25, -0.2) is 5.43 Å².